The van der Waals surface area contributed by atoms with Crippen LogP contribution in [0.25, 0.3) is 0 Å². The molecule has 0 saturated carbocycles. The third-order valence-electron chi connectivity index (χ3n) is 2.62. The molecule has 0 atom stereocenters. The largest absolute Gasteiger partial charge is 0.393 e. The fourth-order valence-electron chi connectivity index (χ4n) is 1.42. The van der Waals surface area contributed by atoms with Crippen LogP contribution in [0.4, 0.5) is 5.69 Å². The highest BCUT2D eigenvalue weighted by atomic mass is 16.1. The molecule has 1 rings (SSSR count). The molecule has 1 heterocycles. The number of nitrogens with two attached hydrogens (primary N) is 1. The van der Waals surface area contributed by atoms with Gasteiger partial charge in [0.15, 0.2) is 0 Å². The van der Waals surface area contributed by atoms with Crippen molar-refractivity contribution in [3.8, 4) is 0 Å². The predicted molar refractivity (Wildman–Crippen MR) is 58.3 cm³/mol. The lowest BCUT2D eigenvalue weighted by Crippen LogP contribution is -2.23. The van der Waals surface area contributed by atoms with Gasteiger partial charge in [-0.25, -0.2) is 4.68 Å². The van der Waals surface area contributed by atoms with Crippen molar-refractivity contribution in [2.75, 3.05) is 5.73 Å². The van der Waals surface area contributed by atoms with E-state index in [1.807, 2.05) is 18.7 Å². The van der Waals surface area contributed by atoms with E-state index in [2.05, 4.69) is 13.8 Å². The first kappa shape index (κ1) is 10.9. The van der Waals surface area contributed by atoms with Gasteiger partial charge in [0.05, 0.1) is 5.69 Å². The summed E-state index contributed by atoms with van der Waals surface area (Å²) in [5.74, 6) is 0.596. The fraction of sp³-hybridized carbons (Fsp3) is 0.700. The van der Waals surface area contributed by atoms with E-state index in [0.717, 1.165) is 18.7 Å². The second-order valence-corrected chi connectivity index (χ2v) is 4.13. The van der Waals surface area contributed by atoms with Gasteiger partial charge in [0.1, 0.15) is 5.69 Å². The first-order valence-electron chi connectivity index (χ1n) is 4.97. The molecule has 0 saturated heterocycles. The minimum atomic E-state index is -0.0642. The number of anilines is 1. The number of nitrogens with zero attached hydrogens (tertiary/aromatic N) is 2. The van der Waals surface area contributed by atoms with E-state index in [0.29, 0.717) is 11.6 Å². The summed E-state index contributed by atoms with van der Waals surface area (Å²) in [6, 6.07) is 0. The van der Waals surface area contributed by atoms with Gasteiger partial charge < -0.3 is 5.73 Å². The van der Waals surface area contributed by atoms with Gasteiger partial charge in [-0.05, 0) is 19.3 Å². The highest BCUT2D eigenvalue weighted by Crippen LogP contribution is 2.07. The smallest absolute Gasteiger partial charge is 0.290 e. The maximum Gasteiger partial charge on any atom is 0.290 e. The van der Waals surface area contributed by atoms with E-state index in [-0.39, 0.29) is 5.56 Å². The van der Waals surface area contributed by atoms with Crippen LogP contribution in [0.15, 0.2) is 4.79 Å². The molecular weight excluding hydrogens is 178 g/mol. The van der Waals surface area contributed by atoms with Gasteiger partial charge in [0, 0.05) is 13.6 Å². The number of rotatable bonds is 3. The lowest BCUT2D eigenvalue weighted by Gasteiger charge is -2.09. The lowest BCUT2D eigenvalue weighted by molar-refractivity contribution is 0.427. The lowest BCUT2D eigenvalue weighted by atomic mass is 10.1. The van der Waals surface area contributed by atoms with Crippen molar-refractivity contribution in [3.63, 3.8) is 0 Å². The molecule has 80 valence electrons. The van der Waals surface area contributed by atoms with Crippen LogP contribution in [-0.2, 0) is 13.6 Å². The van der Waals surface area contributed by atoms with Crippen molar-refractivity contribution in [2.24, 2.45) is 13.0 Å². The summed E-state index contributed by atoms with van der Waals surface area (Å²) in [5.41, 5.74) is 6.81. The average molecular weight is 197 g/mol. The standard InChI is InChI=1S/C10H19N3O/c1-7(2)5-6-13-10(14)9(11)8(3)12(13)4/h7H,5-6,11H2,1-4H3. The van der Waals surface area contributed by atoms with Crippen molar-refractivity contribution in [1.82, 2.24) is 9.36 Å². The van der Waals surface area contributed by atoms with E-state index < -0.39 is 0 Å². The molecule has 0 fully saturated rings. The molecule has 4 nitrogen and oxygen atoms in total. The van der Waals surface area contributed by atoms with Crippen LogP contribution in [0.1, 0.15) is 26.0 Å². The van der Waals surface area contributed by atoms with E-state index in [1.54, 1.807) is 4.68 Å². The molecule has 2 N–H and O–H groups in total. The summed E-state index contributed by atoms with van der Waals surface area (Å²) in [4.78, 5) is 11.6. The number of hydrogen-bond acceptors (Lipinski definition) is 2. The zero-order chi connectivity index (χ0) is 10.9. The van der Waals surface area contributed by atoms with Crippen LogP contribution in [0.3, 0.4) is 0 Å². The average Bonchev–Trinajstić information content (AvgIpc) is 2.29. The molecule has 4 heteroatoms. The Balaban J connectivity index is 2.98. The van der Waals surface area contributed by atoms with Gasteiger partial charge >= 0.3 is 0 Å². The van der Waals surface area contributed by atoms with Gasteiger partial charge in [-0.3, -0.25) is 9.48 Å². The third kappa shape index (κ3) is 1.84. The molecule has 0 aromatic carbocycles. The molecule has 0 aliphatic heterocycles. The zero-order valence-corrected chi connectivity index (χ0v) is 9.37. The second kappa shape index (κ2) is 3.90. The van der Waals surface area contributed by atoms with Gasteiger partial charge in [-0.1, -0.05) is 13.8 Å². The molecule has 0 unspecified atom stereocenters. The van der Waals surface area contributed by atoms with Crippen molar-refractivity contribution in [3.05, 3.63) is 16.0 Å². The fourth-order valence-corrected chi connectivity index (χ4v) is 1.42. The summed E-state index contributed by atoms with van der Waals surface area (Å²) in [6.45, 7) is 6.89. The Morgan fingerprint density at radius 2 is 2.00 bits per heavy atom. The quantitative estimate of drug-likeness (QED) is 0.789. The molecule has 1 aromatic heterocycles. The molecule has 0 radical (unpaired) electrons. The van der Waals surface area contributed by atoms with Crippen molar-refractivity contribution in [1.29, 1.82) is 0 Å². The Labute approximate surface area is 84.3 Å². The molecule has 0 amide bonds. The molecule has 0 bridgehead atoms. The minimum Gasteiger partial charge on any atom is -0.393 e. The number of nitrogen functional groups attached to an aromatic ring is 1. The van der Waals surface area contributed by atoms with E-state index in [1.165, 1.54) is 0 Å². The minimum absolute atomic E-state index is 0.0642. The molecule has 0 aliphatic rings. The number of hydrogen-bond donors (Lipinski definition) is 1. The zero-order valence-electron chi connectivity index (χ0n) is 9.37. The Morgan fingerprint density at radius 1 is 1.43 bits per heavy atom. The highest BCUT2D eigenvalue weighted by molar-refractivity contribution is 5.40. The molecule has 14 heavy (non-hydrogen) atoms. The van der Waals surface area contributed by atoms with Crippen LogP contribution >= 0.6 is 0 Å². The third-order valence-corrected chi connectivity index (χ3v) is 2.62. The second-order valence-electron chi connectivity index (χ2n) is 4.13. The molecule has 0 aliphatic carbocycles. The summed E-state index contributed by atoms with van der Waals surface area (Å²) >= 11 is 0. The Morgan fingerprint density at radius 3 is 2.36 bits per heavy atom. The summed E-state index contributed by atoms with van der Waals surface area (Å²) in [5, 5.41) is 0. The van der Waals surface area contributed by atoms with Crippen LogP contribution in [0, 0.1) is 12.8 Å². The van der Waals surface area contributed by atoms with E-state index >= 15 is 0 Å². The number of aromatic nitrogens is 2. The predicted octanol–water partition coefficient (Wildman–Crippen LogP) is 1.12. The van der Waals surface area contributed by atoms with Crippen molar-refractivity contribution < 1.29 is 0 Å². The summed E-state index contributed by atoms with van der Waals surface area (Å²) in [7, 11) is 1.87. The van der Waals surface area contributed by atoms with Gasteiger partial charge in [0.25, 0.3) is 5.56 Å². The summed E-state index contributed by atoms with van der Waals surface area (Å²) in [6.07, 6.45) is 0.997. The van der Waals surface area contributed by atoms with Crippen LogP contribution < -0.4 is 11.3 Å². The molecule has 0 spiro atoms. The first-order chi connectivity index (χ1) is 6.45. The van der Waals surface area contributed by atoms with Crippen LogP contribution in [0.5, 0.6) is 0 Å². The van der Waals surface area contributed by atoms with Gasteiger partial charge in [0.2, 0.25) is 0 Å². The van der Waals surface area contributed by atoms with Crippen molar-refractivity contribution >= 4 is 5.69 Å². The molecule has 1 aromatic rings. The highest BCUT2D eigenvalue weighted by Gasteiger charge is 2.11. The Bertz CT molecular complexity index is 373. The summed E-state index contributed by atoms with van der Waals surface area (Å²) < 4.78 is 3.53. The maximum absolute atomic E-state index is 11.6. The van der Waals surface area contributed by atoms with Crippen molar-refractivity contribution in [2.45, 2.75) is 33.7 Å². The normalized spacial score (nSPS) is 11.2. The Kier molecular flexibility index (Phi) is 3.03. The van der Waals surface area contributed by atoms with Crippen LogP contribution in [-0.4, -0.2) is 9.36 Å². The molecular formula is C10H19N3O. The van der Waals surface area contributed by atoms with E-state index in [9.17, 15) is 4.79 Å². The monoisotopic (exact) mass is 197 g/mol. The Hall–Kier alpha value is -1.19. The SMILES string of the molecule is Cc1c(N)c(=O)n(CCC(C)C)n1C. The first-order valence-corrected chi connectivity index (χ1v) is 4.97. The van der Waals surface area contributed by atoms with Crippen LogP contribution in [0.2, 0.25) is 0 Å². The topological polar surface area (TPSA) is 53.0 Å². The van der Waals surface area contributed by atoms with Gasteiger partial charge in [-0.15, -0.1) is 0 Å². The van der Waals surface area contributed by atoms with E-state index in [4.69, 9.17) is 5.73 Å². The maximum atomic E-state index is 11.6. The van der Waals surface area contributed by atoms with Gasteiger partial charge in [-0.2, -0.15) is 0 Å².